The zero-order valence-corrected chi connectivity index (χ0v) is 18.3. The van der Waals surface area contributed by atoms with E-state index in [0.717, 1.165) is 24.0 Å². The van der Waals surface area contributed by atoms with E-state index in [2.05, 4.69) is 88.2 Å². The summed E-state index contributed by atoms with van der Waals surface area (Å²) in [6.45, 7) is 2.75. The summed E-state index contributed by atoms with van der Waals surface area (Å²) in [7, 11) is 0. The normalized spacial score (nSPS) is 13.4. The van der Waals surface area contributed by atoms with Gasteiger partial charge in [-0.1, -0.05) is 72.8 Å². The van der Waals surface area contributed by atoms with Crippen molar-refractivity contribution in [1.82, 2.24) is 14.5 Å². The van der Waals surface area contributed by atoms with Gasteiger partial charge in [-0.05, 0) is 53.8 Å². The molecule has 2 atom stereocenters. The maximum absolute atomic E-state index is 6.36. The van der Waals surface area contributed by atoms with Gasteiger partial charge in [0.1, 0.15) is 5.52 Å². The number of fused-ring (bicyclic) bond motifs is 2. The van der Waals surface area contributed by atoms with Crippen molar-refractivity contribution in [3.63, 3.8) is 0 Å². The number of aryl methyl sites for hydroxylation is 1. The monoisotopic (exact) mass is 421 g/mol. The molecular formula is C28H27N3O. The van der Waals surface area contributed by atoms with Crippen LogP contribution in [0, 0.1) is 0 Å². The molecule has 0 fully saturated rings. The van der Waals surface area contributed by atoms with Crippen LogP contribution in [0.2, 0.25) is 0 Å². The maximum atomic E-state index is 6.36. The molecule has 0 saturated heterocycles. The number of ether oxygens (including phenoxy) is 1. The zero-order valence-electron chi connectivity index (χ0n) is 18.3. The van der Waals surface area contributed by atoms with Gasteiger partial charge in [-0.25, -0.2) is 9.97 Å². The van der Waals surface area contributed by atoms with Gasteiger partial charge in [0.05, 0.1) is 25.1 Å². The van der Waals surface area contributed by atoms with Crippen LogP contribution in [0.5, 0.6) is 0 Å². The third-order valence-corrected chi connectivity index (χ3v) is 6.18. The first-order chi connectivity index (χ1) is 15.8. The number of nitrogens with zero attached hydrogens (tertiary/aromatic N) is 3. The molecule has 0 amide bonds. The Morgan fingerprint density at radius 2 is 1.66 bits per heavy atom. The largest absolute Gasteiger partial charge is 0.372 e. The van der Waals surface area contributed by atoms with E-state index in [-0.39, 0.29) is 12.1 Å². The van der Waals surface area contributed by atoms with E-state index < -0.39 is 0 Å². The molecule has 0 aliphatic heterocycles. The highest BCUT2D eigenvalue weighted by Crippen LogP contribution is 2.28. The van der Waals surface area contributed by atoms with E-state index in [1.165, 1.54) is 21.9 Å². The van der Waals surface area contributed by atoms with Gasteiger partial charge in [0.2, 0.25) is 0 Å². The SMILES string of the molecule is C[C@H](OCc1ccccc1)[C@@H](CCc1cccc2ccccc12)n1cnc2cccnc21. The highest BCUT2D eigenvalue weighted by molar-refractivity contribution is 5.85. The number of imidazole rings is 1. The van der Waals surface area contributed by atoms with Crippen LogP contribution < -0.4 is 0 Å². The molecule has 2 aromatic heterocycles. The predicted octanol–water partition coefficient (Wildman–Crippen LogP) is 6.36. The first kappa shape index (κ1) is 20.4. The Bertz CT molecular complexity index is 1310. The molecule has 0 aliphatic carbocycles. The number of hydrogen-bond donors (Lipinski definition) is 0. The molecule has 0 bridgehead atoms. The third-order valence-electron chi connectivity index (χ3n) is 6.18. The van der Waals surface area contributed by atoms with Crippen LogP contribution in [0.15, 0.2) is 97.5 Å². The second kappa shape index (κ2) is 9.33. The van der Waals surface area contributed by atoms with Crippen LogP contribution in [-0.4, -0.2) is 20.6 Å². The number of pyridine rings is 1. The number of rotatable bonds is 8. The third kappa shape index (κ3) is 4.27. The molecule has 0 N–H and O–H groups in total. The van der Waals surface area contributed by atoms with Crippen LogP contribution in [0.4, 0.5) is 0 Å². The zero-order chi connectivity index (χ0) is 21.8. The van der Waals surface area contributed by atoms with E-state index in [1.807, 2.05) is 30.7 Å². The summed E-state index contributed by atoms with van der Waals surface area (Å²) in [6.07, 6.45) is 5.64. The van der Waals surface area contributed by atoms with Crippen LogP contribution in [0.25, 0.3) is 21.9 Å². The van der Waals surface area contributed by atoms with Crippen molar-refractivity contribution < 1.29 is 4.74 Å². The molecule has 160 valence electrons. The molecule has 32 heavy (non-hydrogen) atoms. The van der Waals surface area contributed by atoms with E-state index in [1.54, 1.807) is 0 Å². The first-order valence-electron chi connectivity index (χ1n) is 11.2. The maximum Gasteiger partial charge on any atom is 0.160 e. The molecular weight excluding hydrogens is 394 g/mol. The molecule has 0 unspecified atom stereocenters. The van der Waals surface area contributed by atoms with E-state index >= 15 is 0 Å². The summed E-state index contributed by atoms with van der Waals surface area (Å²) in [5, 5.41) is 2.60. The lowest BCUT2D eigenvalue weighted by atomic mass is 9.97. The first-order valence-corrected chi connectivity index (χ1v) is 11.2. The van der Waals surface area contributed by atoms with Crippen LogP contribution in [0.3, 0.4) is 0 Å². The lowest BCUT2D eigenvalue weighted by molar-refractivity contribution is 0.0158. The lowest BCUT2D eigenvalue weighted by Crippen LogP contribution is -2.25. The molecule has 3 aromatic carbocycles. The molecule has 5 rings (SSSR count). The minimum atomic E-state index is 0.00425. The van der Waals surface area contributed by atoms with Gasteiger partial charge in [0.15, 0.2) is 5.65 Å². The fourth-order valence-corrected chi connectivity index (χ4v) is 4.44. The van der Waals surface area contributed by atoms with Gasteiger partial charge in [0, 0.05) is 6.20 Å². The molecule has 0 aliphatic rings. The fourth-order valence-electron chi connectivity index (χ4n) is 4.44. The molecule has 0 spiro atoms. The summed E-state index contributed by atoms with van der Waals surface area (Å²) >= 11 is 0. The van der Waals surface area contributed by atoms with Crippen molar-refractivity contribution in [2.24, 2.45) is 0 Å². The smallest absolute Gasteiger partial charge is 0.160 e. The van der Waals surface area contributed by atoms with Crippen molar-refractivity contribution in [3.8, 4) is 0 Å². The summed E-state index contributed by atoms with van der Waals surface area (Å²) in [5.74, 6) is 0. The minimum Gasteiger partial charge on any atom is -0.372 e. The van der Waals surface area contributed by atoms with Crippen LogP contribution in [-0.2, 0) is 17.8 Å². The van der Waals surface area contributed by atoms with Gasteiger partial charge in [-0.3, -0.25) is 0 Å². The number of benzene rings is 3. The van der Waals surface area contributed by atoms with Gasteiger partial charge in [-0.15, -0.1) is 0 Å². The van der Waals surface area contributed by atoms with Crippen LogP contribution >= 0.6 is 0 Å². The topological polar surface area (TPSA) is 39.9 Å². The lowest BCUT2D eigenvalue weighted by Gasteiger charge is -2.26. The van der Waals surface area contributed by atoms with E-state index in [0.29, 0.717) is 6.61 Å². The van der Waals surface area contributed by atoms with E-state index in [9.17, 15) is 0 Å². The van der Waals surface area contributed by atoms with Gasteiger partial charge < -0.3 is 9.30 Å². The Kier molecular flexibility index (Phi) is 5.95. The molecule has 0 radical (unpaired) electrons. The Labute approximate surface area is 188 Å². The van der Waals surface area contributed by atoms with Gasteiger partial charge in [-0.2, -0.15) is 0 Å². The second-order valence-corrected chi connectivity index (χ2v) is 8.24. The molecule has 4 heteroatoms. The minimum absolute atomic E-state index is 0.00425. The molecule has 5 aromatic rings. The highest BCUT2D eigenvalue weighted by atomic mass is 16.5. The predicted molar refractivity (Wildman–Crippen MR) is 130 cm³/mol. The van der Waals surface area contributed by atoms with Crippen molar-refractivity contribution in [2.75, 3.05) is 0 Å². The second-order valence-electron chi connectivity index (χ2n) is 8.24. The Hall–Kier alpha value is -3.50. The summed E-state index contributed by atoms with van der Waals surface area (Å²) < 4.78 is 8.55. The Morgan fingerprint density at radius 1 is 0.844 bits per heavy atom. The average molecular weight is 422 g/mol. The summed E-state index contributed by atoms with van der Waals surface area (Å²) in [6, 6.07) is 29.6. The molecule has 4 nitrogen and oxygen atoms in total. The number of hydrogen-bond acceptors (Lipinski definition) is 3. The molecule has 2 heterocycles. The Morgan fingerprint density at radius 3 is 2.56 bits per heavy atom. The molecule has 0 saturated carbocycles. The van der Waals surface area contributed by atoms with Crippen molar-refractivity contribution >= 4 is 21.9 Å². The van der Waals surface area contributed by atoms with Gasteiger partial charge >= 0.3 is 0 Å². The van der Waals surface area contributed by atoms with Crippen LogP contribution in [0.1, 0.15) is 30.5 Å². The quantitative estimate of drug-likeness (QED) is 0.292. The number of aromatic nitrogens is 3. The summed E-state index contributed by atoms with van der Waals surface area (Å²) in [4.78, 5) is 9.20. The highest BCUT2D eigenvalue weighted by Gasteiger charge is 2.23. The Balaban J connectivity index is 1.42. The van der Waals surface area contributed by atoms with E-state index in [4.69, 9.17) is 4.74 Å². The standard InChI is InChI=1S/C28H27N3O/c1-21(32-19-22-9-3-2-4-10-22)27(31-20-30-26-15-8-18-29-28(26)31)17-16-24-13-7-12-23-11-5-6-14-25(23)24/h2-15,18,20-21,27H,16-17,19H2,1H3/t21-,27+/m0/s1. The van der Waals surface area contributed by atoms with Crippen molar-refractivity contribution in [2.45, 2.75) is 38.5 Å². The van der Waals surface area contributed by atoms with Crippen molar-refractivity contribution in [3.05, 3.63) is 109 Å². The fraction of sp³-hybridized carbons (Fsp3) is 0.214. The summed E-state index contributed by atoms with van der Waals surface area (Å²) in [5.41, 5.74) is 4.37. The van der Waals surface area contributed by atoms with Gasteiger partial charge in [0.25, 0.3) is 0 Å². The van der Waals surface area contributed by atoms with Crippen molar-refractivity contribution in [1.29, 1.82) is 0 Å². The average Bonchev–Trinajstić information content (AvgIpc) is 3.27.